The monoisotopic (exact) mass is 723 g/mol. The molecule has 2 aromatic heterocycles. The first-order chi connectivity index (χ1) is 11.4. The first-order valence-corrected chi connectivity index (χ1v) is 11.6. The van der Waals surface area contributed by atoms with Crippen molar-refractivity contribution in [1.29, 1.82) is 0 Å². The van der Waals surface area contributed by atoms with E-state index in [0.29, 0.717) is 5.02 Å². The van der Waals surface area contributed by atoms with Gasteiger partial charge < -0.3 is 0 Å². The van der Waals surface area contributed by atoms with Crippen molar-refractivity contribution in [1.82, 2.24) is 14.5 Å². The van der Waals surface area contributed by atoms with Crippen molar-refractivity contribution in [2.24, 2.45) is 0 Å². The average Bonchev–Trinajstić information content (AvgIpc) is 2.98. The average molecular weight is 722 g/mol. The summed E-state index contributed by atoms with van der Waals surface area (Å²) in [5.41, 5.74) is 5.02. The predicted octanol–water partition coefficient (Wildman–Crippen LogP) is 3.30. The topological polar surface area (TPSA) is 30.7 Å². The summed E-state index contributed by atoms with van der Waals surface area (Å²) in [6.07, 6.45) is 3.58. The Labute approximate surface area is 178 Å². The van der Waals surface area contributed by atoms with Gasteiger partial charge in [-0.05, 0) is 0 Å². The van der Waals surface area contributed by atoms with E-state index < -0.39 is 0 Å². The molecule has 0 unspecified atom stereocenters. The normalized spacial score (nSPS) is 11.5. The van der Waals surface area contributed by atoms with Crippen molar-refractivity contribution in [3.63, 3.8) is 0 Å². The third-order valence-corrected chi connectivity index (χ3v) is 8.22. The molecule has 0 aliphatic carbocycles. The van der Waals surface area contributed by atoms with Crippen LogP contribution < -0.4 is 0 Å². The van der Waals surface area contributed by atoms with Crippen molar-refractivity contribution >= 4 is 68.7 Å². The van der Waals surface area contributed by atoms with E-state index in [-0.39, 0.29) is 0.657 Å². The van der Waals surface area contributed by atoms with Gasteiger partial charge in [-0.25, -0.2) is 0 Å². The fourth-order valence-corrected chi connectivity index (χ4v) is 5.70. The van der Waals surface area contributed by atoms with Gasteiger partial charge in [-0.2, -0.15) is 0 Å². The summed E-state index contributed by atoms with van der Waals surface area (Å²) in [6.45, 7) is 6.30. The third kappa shape index (κ3) is 3.53. The molecule has 0 saturated heterocycles. The maximum absolute atomic E-state index is 5.92. The van der Waals surface area contributed by atoms with Crippen LogP contribution in [0.25, 0.3) is 5.57 Å². The van der Waals surface area contributed by atoms with Crippen LogP contribution in [0.5, 0.6) is 0 Å². The molecule has 0 aliphatic heterocycles. The number of hydrogen-bond donors (Lipinski definition) is 0. The summed E-state index contributed by atoms with van der Waals surface area (Å²) in [6, 6.07) is 14.4. The predicted molar refractivity (Wildman–Crippen MR) is 99.4 cm³/mol. The van der Waals surface area contributed by atoms with Gasteiger partial charge >= 0.3 is 180 Å². The van der Waals surface area contributed by atoms with Crippen molar-refractivity contribution < 1.29 is 0 Å². The minimum atomic E-state index is 0.0737. The molecule has 0 bridgehead atoms. The number of pyridine rings is 1. The van der Waals surface area contributed by atoms with Gasteiger partial charge in [0.05, 0.1) is 0 Å². The Balaban J connectivity index is 2.00. The molecule has 0 fully saturated rings. The van der Waals surface area contributed by atoms with E-state index in [2.05, 4.69) is 58.4 Å². The van der Waals surface area contributed by atoms with E-state index in [4.69, 9.17) is 11.6 Å². The SMILES string of the molecule is C=C(c1ccc(Cl)cn1)c1ncn([C]([Pb])([Pb])c2ccccc2)c1C. The number of hydrogen-bond acceptors (Lipinski definition) is 2. The number of rotatable bonds is 4. The van der Waals surface area contributed by atoms with E-state index in [9.17, 15) is 0 Å². The number of halogens is 1. The number of aromatic nitrogens is 3. The summed E-state index contributed by atoms with van der Waals surface area (Å²) in [5.74, 6) is 0. The van der Waals surface area contributed by atoms with Gasteiger partial charge in [-0.3, -0.25) is 0 Å². The second-order valence-electron chi connectivity index (χ2n) is 5.47. The van der Waals surface area contributed by atoms with Crippen LogP contribution >= 0.6 is 11.6 Å². The van der Waals surface area contributed by atoms with E-state index in [0.717, 1.165) is 74.2 Å². The summed E-state index contributed by atoms with van der Waals surface area (Å²) >= 11 is 7.97. The van der Waals surface area contributed by atoms with Crippen LogP contribution in [0.1, 0.15) is 22.6 Å². The van der Waals surface area contributed by atoms with Crippen molar-refractivity contribution in [3.8, 4) is 0 Å². The zero-order valence-corrected chi connectivity index (χ0v) is 21.7. The van der Waals surface area contributed by atoms with Gasteiger partial charge in [0.1, 0.15) is 0 Å². The van der Waals surface area contributed by atoms with Crippen molar-refractivity contribution in [2.75, 3.05) is 0 Å². The first kappa shape index (κ1) is 18.3. The molecule has 116 valence electrons. The van der Waals surface area contributed by atoms with Crippen LogP contribution in [-0.4, -0.2) is 66.1 Å². The molecule has 0 amide bonds. The van der Waals surface area contributed by atoms with E-state index >= 15 is 0 Å². The number of benzene rings is 1. The number of imidazole rings is 1. The summed E-state index contributed by atoms with van der Waals surface area (Å²) < 4.78 is 2.38. The summed E-state index contributed by atoms with van der Waals surface area (Å²) in [4.78, 5) is 9.00. The zero-order valence-electron chi connectivity index (χ0n) is 13.1. The zero-order chi connectivity index (χ0) is 17.3. The molecule has 3 nitrogen and oxygen atoms in total. The van der Waals surface area contributed by atoms with Crippen molar-refractivity contribution in [3.05, 3.63) is 89.2 Å². The fraction of sp³-hybridized carbons (Fsp3) is 0.111. The van der Waals surface area contributed by atoms with Crippen LogP contribution in [0.2, 0.25) is 5.02 Å². The quantitative estimate of drug-likeness (QED) is 0.388. The molecule has 2 heterocycles. The Morgan fingerprint density at radius 3 is 2.46 bits per heavy atom. The van der Waals surface area contributed by atoms with Crippen LogP contribution in [0.15, 0.2) is 61.6 Å². The van der Waals surface area contributed by atoms with Gasteiger partial charge in [0.2, 0.25) is 0 Å². The maximum atomic E-state index is 5.92. The molecule has 0 saturated carbocycles. The molecule has 1 aromatic carbocycles. The van der Waals surface area contributed by atoms with Gasteiger partial charge in [0, 0.05) is 0 Å². The van der Waals surface area contributed by atoms with Gasteiger partial charge in [-0.15, -0.1) is 0 Å². The summed E-state index contributed by atoms with van der Waals surface area (Å²) in [5, 5.41) is 0.621. The van der Waals surface area contributed by atoms with E-state index in [1.807, 2.05) is 18.5 Å². The molecule has 6 heteroatoms. The van der Waals surface area contributed by atoms with Gasteiger partial charge in [0.15, 0.2) is 0 Å². The Bertz CT molecular complexity index is 871. The molecule has 0 spiro atoms. The molecule has 3 aromatic rings. The van der Waals surface area contributed by atoms with Crippen LogP contribution in [-0.2, 0) is 0.657 Å². The minimum absolute atomic E-state index is 0.0737. The van der Waals surface area contributed by atoms with Crippen LogP contribution in [0.3, 0.4) is 0 Å². The second kappa shape index (κ2) is 7.37. The second-order valence-corrected chi connectivity index (χ2v) is 19.1. The summed E-state index contributed by atoms with van der Waals surface area (Å²) in [7, 11) is 0. The molecule has 0 aliphatic rings. The molecule has 0 atom stereocenters. The molecule has 0 N–H and O–H groups in total. The first-order valence-electron chi connectivity index (χ1n) is 7.32. The van der Waals surface area contributed by atoms with Crippen LogP contribution in [0.4, 0.5) is 0 Å². The van der Waals surface area contributed by atoms with E-state index in [1.165, 1.54) is 5.56 Å². The Hall–Kier alpha value is -0.546. The fourth-order valence-electron chi connectivity index (χ4n) is 2.54. The third-order valence-electron chi connectivity index (χ3n) is 3.88. The Kier molecular flexibility index (Phi) is 5.60. The molecule has 6 radical (unpaired) electrons. The van der Waals surface area contributed by atoms with E-state index in [1.54, 1.807) is 6.20 Å². The number of nitrogens with zero attached hydrogens (tertiary/aromatic N) is 3. The Morgan fingerprint density at radius 1 is 1.12 bits per heavy atom. The Morgan fingerprint density at radius 2 is 1.83 bits per heavy atom. The van der Waals surface area contributed by atoms with Gasteiger partial charge in [0.25, 0.3) is 0 Å². The molecular formula is C18H14ClN3Pb2. The molecule has 3 rings (SSSR count). The standard InChI is InChI=1S/C18H14ClN3.2Pb/c1-13(17-9-8-16(19)10-20-17)18-14(2)22(12-21-18)11-15-6-4-3-5-7-15;;/h3-10,12H,1H2,2H3;;. The van der Waals surface area contributed by atoms with Crippen LogP contribution in [0, 0.1) is 6.92 Å². The molecular weight excluding hydrogens is 708 g/mol. The molecule has 24 heavy (non-hydrogen) atoms. The van der Waals surface area contributed by atoms with Crippen molar-refractivity contribution in [2.45, 2.75) is 7.58 Å². The van der Waals surface area contributed by atoms with Gasteiger partial charge in [-0.1, -0.05) is 0 Å².